The molecule has 1 aliphatic rings. The average molecular weight is 347 g/mol. The number of hydrogen-bond acceptors (Lipinski definition) is 4. The highest BCUT2D eigenvalue weighted by Crippen LogP contribution is 2.44. The molecular weight excluding hydrogens is 330 g/mol. The molecule has 1 aliphatic heterocycles. The van der Waals surface area contributed by atoms with Crippen LogP contribution in [0.3, 0.4) is 0 Å². The Morgan fingerprint density at radius 1 is 1.15 bits per heavy atom. The molecule has 0 unspecified atom stereocenters. The Morgan fingerprint density at radius 2 is 1.88 bits per heavy atom. The van der Waals surface area contributed by atoms with Gasteiger partial charge in [-0.1, -0.05) is 30.3 Å². The number of nitrogens with one attached hydrogen (secondary N) is 1. The van der Waals surface area contributed by atoms with Gasteiger partial charge in [0.1, 0.15) is 22.9 Å². The van der Waals surface area contributed by atoms with E-state index in [0.717, 1.165) is 5.56 Å². The minimum absolute atomic E-state index is 0.0980. The highest BCUT2D eigenvalue weighted by molar-refractivity contribution is 6.00. The molecule has 26 heavy (non-hydrogen) atoms. The lowest BCUT2D eigenvalue weighted by Crippen LogP contribution is -2.29. The Balaban J connectivity index is 1.92. The number of H-pyrrole nitrogens is 1. The molecule has 0 saturated heterocycles. The maximum absolute atomic E-state index is 12.9. The molecule has 2 heterocycles. The van der Waals surface area contributed by atoms with Crippen molar-refractivity contribution in [1.82, 2.24) is 15.1 Å². The third kappa shape index (κ3) is 2.35. The van der Waals surface area contributed by atoms with Crippen molar-refractivity contribution in [3.8, 4) is 22.8 Å². The van der Waals surface area contributed by atoms with Crippen LogP contribution in [0.1, 0.15) is 27.7 Å². The number of phenolic OH excluding ortho intramolecular Hbond substituents is 2. The molecule has 0 bridgehead atoms. The lowest BCUT2D eigenvalue weighted by Gasteiger charge is -2.25. The number of para-hydroxylation sites is 1. The fourth-order valence-corrected chi connectivity index (χ4v) is 3.41. The summed E-state index contributed by atoms with van der Waals surface area (Å²) in [6.45, 7) is 4.11. The molecule has 1 aromatic heterocycles. The highest BCUT2D eigenvalue weighted by Gasteiger charge is 2.41. The first-order chi connectivity index (χ1) is 12.6. The van der Waals surface area contributed by atoms with Gasteiger partial charge >= 0.3 is 0 Å². The zero-order valence-electron chi connectivity index (χ0n) is 13.9. The van der Waals surface area contributed by atoms with Crippen LogP contribution in [0.2, 0.25) is 0 Å². The molecule has 0 aliphatic carbocycles. The van der Waals surface area contributed by atoms with E-state index < -0.39 is 0 Å². The second kappa shape index (κ2) is 6.07. The topological polar surface area (TPSA) is 89.5 Å². The zero-order valence-corrected chi connectivity index (χ0v) is 13.9. The summed E-state index contributed by atoms with van der Waals surface area (Å²) in [4.78, 5) is 14.5. The van der Waals surface area contributed by atoms with Crippen molar-refractivity contribution in [2.75, 3.05) is 6.54 Å². The van der Waals surface area contributed by atoms with Crippen LogP contribution in [0.4, 0.5) is 0 Å². The van der Waals surface area contributed by atoms with Crippen molar-refractivity contribution in [1.29, 1.82) is 0 Å². The van der Waals surface area contributed by atoms with Crippen molar-refractivity contribution >= 4 is 5.91 Å². The minimum Gasteiger partial charge on any atom is -0.508 e. The zero-order chi connectivity index (χ0) is 18.3. The van der Waals surface area contributed by atoms with Crippen molar-refractivity contribution in [3.05, 3.63) is 78.0 Å². The smallest absolute Gasteiger partial charge is 0.273 e. The number of aromatic amines is 1. The molecule has 0 radical (unpaired) electrons. The third-order valence-electron chi connectivity index (χ3n) is 4.56. The maximum Gasteiger partial charge on any atom is 0.273 e. The molecule has 0 saturated carbocycles. The molecule has 0 spiro atoms. The monoisotopic (exact) mass is 347 g/mol. The van der Waals surface area contributed by atoms with Gasteiger partial charge in [0.05, 0.1) is 6.04 Å². The molecule has 3 N–H and O–H groups in total. The summed E-state index contributed by atoms with van der Waals surface area (Å²) < 4.78 is 0. The summed E-state index contributed by atoms with van der Waals surface area (Å²) in [5, 5.41) is 27.0. The van der Waals surface area contributed by atoms with Crippen molar-refractivity contribution in [2.24, 2.45) is 0 Å². The van der Waals surface area contributed by atoms with Crippen LogP contribution < -0.4 is 0 Å². The van der Waals surface area contributed by atoms with Crippen LogP contribution in [0.5, 0.6) is 11.5 Å². The number of fused-ring (bicyclic) bond motifs is 1. The van der Waals surface area contributed by atoms with Crippen molar-refractivity contribution in [2.45, 2.75) is 6.04 Å². The minimum atomic E-state index is -0.385. The number of amides is 1. The van der Waals surface area contributed by atoms with E-state index in [2.05, 4.69) is 16.8 Å². The number of hydrogen-bond donors (Lipinski definition) is 3. The van der Waals surface area contributed by atoms with E-state index in [-0.39, 0.29) is 23.4 Å². The third-order valence-corrected chi connectivity index (χ3v) is 4.56. The summed E-state index contributed by atoms with van der Waals surface area (Å²) in [5.74, 6) is 0.0784. The Morgan fingerprint density at radius 3 is 2.58 bits per heavy atom. The number of phenols is 2. The van der Waals surface area contributed by atoms with Crippen LogP contribution in [-0.4, -0.2) is 37.8 Å². The van der Waals surface area contributed by atoms with E-state index in [1.807, 2.05) is 6.07 Å². The van der Waals surface area contributed by atoms with Crippen LogP contribution >= 0.6 is 0 Å². The van der Waals surface area contributed by atoms with Gasteiger partial charge in [0.25, 0.3) is 5.91 Å². The van der Waals surface area contributed by atoms with Crippen LogP contribution in [-0.2, 0) is 0 Å². The van der Waals surface area contributed by atoms with E-state index in [1.54, 1.807) is 53.4 Å². The van der Waals surface area contributed by atoms with Gasteiger partial charge in [-0.15, -0.1) is 6.58 Å². The summed E-state index contributed by atoms with van der Waals surface area (Å²) >= 11 is 0. The molecule has 2 aromatic carbocycles. The molecule has 6 heteroatoms. The molecule has 0 fully saturated rings. The lowest BCUT2D eigenvalue weighted by molar-refractivity contribution is 0.0764. The fourth-order valence-electron chi connectivity index (χ4n) is 3.41. The van der Waals surface area contributed by atoms with E-state index in [0.29, 0.717) is 29.1 Å². The quantitative estimate of drug-likeness (QED) is 0.632. The number of carbonyl (C=O) groups excluding carboxylic acids is 1. The predicted molar refractivity (Wildman–Crippen MR) is 96.9 cm³/mol. The standard InChI is InChI=1S/C20H17N3O3/c1-2-11-23-19(12-7-9-13(24)10-8-12)16-17(21-22-18(16)20(23)26)14-5-3-4-6-15(14)25/h2-10,19,24-25H,1,11H2,(H,21,22)/t19-/m0/s1. The van der Waals surface area contributed by atoms with Gasteiger partial charge in [-0.05, 0) is 29.8 Å². The summed E-state index contributed by atoms with van der Waals surface area (Å²) in [6, 6.07) is 13.2. The first-order valence-corrected chi connectivity index (χ1v) is 8.19. The first kappa shape index (κ1) is 16.0. The first-order valence-electron chi connectivity index (χ1n) is 8.19. The van der Waals surface area contributed by atoms with Gasteiger partial charge in [0.2, 0.25) is 0 Å². The van der Waals surface area contributed by atoms with E-state index in [9.17, 15) is 15.0 Å². The van der Waals surface area contributed by atoms with Gasteiger partial charge in [-0.3, -0.25) is 9.89 Å². The summed E-state index contributed by atoms with van der Waals surface area (Å²) in [6.07, 6.45) is 1.67. The molecule has 3 aromatic rings. The van der Waals surface area contributed by atoms with Gasteiger partial charge < -0.3 is 15.1 Å². The maximum atomic E-state index is 12.9. The summed E-state index contributed by atoms with van der Waals surface area (Å²) in [5.41, 5.74) is 3.06. The number of aromatic hydroxyl groups is 2. The Kier molecular flexibility index (Phi) is 3.73. The highest BCUT2D eigenvalue weighted by atomic mass is 16.3. The van der Waals surface area contributed by atoms with E-state index in [1.165, 1.54) is 0 Å². The van der Waals surface area contributed by atoms with Crippen molar-refractivity contribution in [3.63, 3.8) is 0 Å². The second-order valence-electron chi connectivity index (χ2n) is 6.12. The van der Waals surface area contributed by atoms with Gasteiger partial charge in [-0.25, -0.2) is 0 Å². The number of carbonyl (C=O) groups is 1. The average Bonchev–Trinajstić information content (AvgIpc) is 3.17. The predicted octanol–water partition coefficient (Wildman–Crippen LogP) is 3.22. The van der Waals surface area contributed by atoms with Gasteiger partial charge in [-0.2, -0.15) is 5.10 Å². The Labute approximate surface area is 150 Å². The van der Waals surface area contributed by atoms with E-state index >= 15 is 0 Å². The van der Waals surface area contributed by atoms with Crippen molar-refractivity contribution < 1.29 is 15.0 Å². The fraction of sp³-hybridized carbons (Fsp3) is 0.100. The van der Waals surface area contributed by atoms with Crippen LogP contribution in [0, 0.1) is 0 Å². The van der Waals surface area contributed by atoms with E-state index in [4.69, 9.17) is 0 Å². The number of aromatic nitrogens is 2. The molecular formula is C20H17N3O3. The van der Waals surface area contributed by atoms with Gasteiger partial charge in [0.15, 0.2) is 0 Å². The molecule has 6 nitrogen and oxygen atoms in total. The lowest BCUT2D eigenvalue weighted by atomic mass is 9.95. The Bertz CT molecular complexity index is 992. The normalized spacial score (nSPS) is 15.9. The molecule has 130 valence electrons. The molecule has 1 atom stereocenters. The van der Waals surface area contributed by atoms with Crippen LogP contribution in [0.15, 0.2) is 61.2 Å². The molecule has 4 rings (SSSR count). The van der Waals surface area contributed by atoms with Crippen LogP contribution in [0.25, 0.3) is 11.3 Å². The Hall–Kier alpha value is -3.54. The second-order valence-corrected chi connectivity index (χ2v) is 6.12. The summed E-state index contributed by atoms with van der Waals surface area (Å²) in [7, 11) is 0. The number of rotatable bonds is 4. The SMILES string of the molecule is C=CCN1C(=O)c2[nH]nc(-c3ccccc3O)c2[C@@H]1c1ccc(O)cc1. The van der Waals surface area contributed by atoms with Gasteiger partial charge in [0, 0.05) is 17.7 Å². The largest absolute Gasteiger partial charge is 0.508 e. The molecule has 1 amide bonds. The number of benzene rings is 2. The number of nitrogens with zero attached hydrogens (tertiary/aromatic N) is 2.